The number of aromatic nitrogens is 1. The molecule has 0 unspecified atom stereocenters. The van der Waals surface area contributed by atoms with E-state index < -0.39 is 6.29 Å². The molecular formula is C18H14F2N4O3S. The third-order valence-corrected chi connectivity index (χ3v) is 4.77. The minimum atomic E-state index is -3.70. The second kappa shape index (κ2) is 6.97. The summed E-state index contributed by atoms with van der Waals surface area (Å²) in [6, 6.07) is 9.40. The molecule has 1 aliphatic rings. The van der Waals surface area contributed by atoms with Crippen molar-refractivity contribution < 1.29 is 23.0 Å². The Hall–Kier alpha value is -3.40. The van der Waals surface area contributed by atoms with Crippen LogP contribution in [0.15, 0.2) is 48.0 Å². The Morgan fingerprint density at radius 1 is 1.18 bits per heavy atom. The lowest BCUT2D eigenvalue weighted by Crippen LogP contribution is -2.25. The summed E-state index contributed by atoms with van der Waals surface area (Å²) in [5, 5.41) is 7.62. The summed E-state index contributed by atoms with van der Waals surface area (Å²) in [6.07, 6.45) is -2.09. The number of nitrogens with zero attached hydrogens (tertiary/aromatic N) is 1. The number of hydrogen-bond acceptors (Lipinski definition) is 7. The summed E-state index contributed by atoms with van der Waals surface area (Å²) >= 11 is 1.25. The van der Waals surface area contributed by atoms with Gasteiger partial charge in [-0.2, -0.15) is 0 Å². The molecule has 0 bridgehead atoms. The molecule has 0 atom stereocenters. The second-order valence-electron chi connectivity index (χ2n) is 5.89. The van der Waals surface area contributed by atoms with Gasteiger partial charge in [-0.1, -0.05) is 0 Å². The minimum absolute atomic E-state index is 0.0851. The van der Waals surface area contributed by atoms with Gasteiger partial charge in [0.1, 0.15) is 10.7 Å². The maximum atomic E-state index is 13.1. The van der Waals surface area contributed by atoms with Crippen LogP contribution in [0.4, 0.5) is 26.0 Å². The zero-order chi connectivity index (χ0) is 19.7. The van der Waals surface area contributed by atoms with E-state index >= 15 is 0 Å². The normalized spacial score (nSPS) is 13.9. The lowest BCUT2D eigenvalue weighted by molar-refractivity contribution is -0.286. The third kappa shape index (κ3) is 3.81. The molecule has 0 saturated carbocycles. The fraction of sp³-hybridized carbons (Fsp3) is 0.111. The predicted octanol–water partition coefficient (Wildman–Crippen LogP) is 3.91. The first-order chi connectivity index (χ1) is 13.4. The number of nitrogens with two attached hydrogens (primary N) is 1. The number of ether oxygens (including phenoxy) is 2. The highest BCUT2D eigenvalue weighted by Crippen LogP contribution is 2.42. The van der Waals surface area contributed by atoms with Crippen LogP contribution in [-0.4, -0.2) is 17.2 Å². The topological polar surface area (TPSA) is 98.5 Å². The number of halogens is 2. The molecule has 0 fully saturated rings. The van der Waals surface area contributed by atoms with E-state index in [1.165, 1.54) is 29.5 Å². The Kier molecular flexibility index (Phi) is 4.47. The lowest BCUT2D eigenvalue weighted by Gasteiger charge is -2.09. The molecule has 144 valence electrons. The van der Waals surface area contributed by atoms with Crippen molar-refractivity contribution in [3.63, 3.8) is 0 Å². The highest BCUT2D eigenvalue weighted by Gasteiger charge is 2.43. The van der Waals surface area contributed by atoms with Crippen molar-refractivity contribution >= 4 is 34.4 Å². The zero-order valence-electron chi connectivity index (χ0n) is 14.2. The Morgan fingerprint density at radius 3 is 2.82 bits per heavy atom. The van der Waals surface area contributed by atoms with Crippen molar-refractivity contribution in [2.45, 2.75) is 12.8 Å². The molecule has 1 aliphatic heterocycles. The number of hydrogen-bond donors (Lipinski definition) is 3. The summed E-state index contributed by atoms with van der Waals surface area (Å²) in [4.78, 5) is 17.0. The average Bonchev–Trinajstić information content (AvgIpc) is 3.22. The van der Waals surface area contributed by atoms with Crippen molar-refractivity contribution in [2.24, 2.45) is 0 Å². The Morgan fingerprint density at radius 2 is 2.00 bits per heavy atom. The summed E-state index contributed by atoms with van der Waals surface area (Å²) < 4.78 is 34.9. The number of carbonyl (C=O) groups excluding carboxylic acids is 1. The molecule has 10 heteroatoms. The number of fused-ring (bicyclic) bond motifs is 1. The molecule has 1 aromatic carbocycles. The van der Waals surface area contributed by atoms with Gasteiger partial charge in [0.25, 0.3) is 5.91 Å². The maximum absolute atomic E-state index is 13.1. The van der Waals surface area contributed by atoms with Crippen LogP contribution in [0, 0.1) is 0 Å². The van der Waals surface area contributed by atoms with Gasteiger partial charge in [0.05, 0.1) is 5.69 Å². The summed E-state index contributed by atoms with van der Waals surface area (Å²) in [7, 11) is 0. The van der Waals surface area contributed by atoms with Crippen molar-refractivity contribution in [1.29, 1.82) is 0 Å². The third-order valence-electron chi connectivity index (χ3n) is 3.86. The van der Waals surface area contributed by atoms with Crippen LogP contribution < -0.4 is 25.8 Å². The molecule has 4 N–H and O–H groups in total. The van der Waals surface area contributed by atoms with E-state index in [0.717, 1.165) is 5.56 Å². The molecule has 2 aromatic heterocycles. The quantitative estimate of drug-likeness (QED) is 0.596. The number of carbonyl (C=O) groups is 1. The van der Waals surface area contributed by atoms with Gasteiger partial charge in [0.2, 0.25) is 0 Å². The highest BCUT2D eigenvalue weighted by molar-refractivity contribution is 7.12. The molecule has 3 aromatic rings. The van der Waals surface area contributed by atoms with Gasteiger partial charge in [-0.15, -0.1) is 20.1 Å². The molecule has 0 radical (unpaired) electrons. The van der Waals surface area contributed by atoms with E-state index in [2.05, 4.69) is 25.1 Å². The van der Waals surface area contributed by atoms with Gasteiger partial charge in [-0.05, 0) is 41.3 Å². The van der Waals surface area contributed by atoms with Crippen LogP contribution in [-0.2, 0) is 6.54 Å². The zero-order valence-corrected chi connectivity index (χ0v) is 15.1. The number of amides is 1. The molecule has 28 heavy (non-hydrogen) atoms. The summed E-state index contributed by atoms with van der Waals surface area (Å²) in [5.41, 5.74) is 7.53. The lowest BCUT2D eigenvalue weighted by atomic mass is 10.2. The van der Waals surface area contributed by atoms with Crippen molar-refractivity contribution in [3.8, 4) is 11.5 Å². The van der Waals surface area contributed by atoms with E-state index in [1.807, 2.05) is 6.07 Å². The van der Waals surface area contributed by atoms with Gasteiger partial charge in [0.15, 0.2) is 11.5 Å². The van der Waals surface area contributed by atoms with Gasteiger partial charge in [-0.3, -0.25) is 4.79 Å². The fourth-order valence-electron chi connectivity index (χ4n) is 2.64. The van der Waals surface area contributed by atoms with Crippen LogP contribution in [0.5, 0.6) is 11.5 Å². The van der Waals surface area contributed by atoms with E-state index in [0.29, 0.717) is 28.6 Å². The number of thiophene rings is 1. The van der Waals surface area contributed by atoms with Crippen LogP contribution in [0.1, 0.15) is 15.2 Å². The van der Waals surface area contributed by atoms with Crippen molar-refractivity contribution in [2.75, 3.05) is 16.4 Å². The van der Waals surface area contributed by atoms with Crippen LogP contribution in [0.2, 0.25) is 0 Å². The fourth-order valence-corrected chi connectivity index (χ4v) is 3.41. The largest absolute Gasteiger partial charge is 0.586 e. The minimum Gasteiger partial charge on any atom is -0.395 e. The highest BCUT2D eigenvalue weighted by atomic mass is 32.1. The average molecular weight is 404 g/mol. The number of alkyl halides is 2. The van der Waals surface area contributed by atoms with E-state index in [-0.39, 0.29) is 17.4 Å². The first kappa shape index (κ1) is 18.0. The Labute approximate surface area is 162 Å². The smallest absolute Gasteiger partial charge is 0.395 e. The second-order valence-corrected chi connectivity index (χ2v) is 6.81. The van der Waals surface area contributed by atoms with Crippen molar-refractivity contribution in [1.82, 2.24) is 4.98 Å². The molecule has 0 saturated heterocycles. The van der Waals surface area contributed by atoms with Gasteiger partial charge < -0.3 is 25.8 Å². The maximum Gasteiger partial charge on any atom is 0.586 e. The molecule has 3 heterocycles. The van der Waals surface area contributed by atoms with Crippen LogP contribution in [0.3, 0.4) is 0 Å². The van der Waals surface area contributed by atoms with Gasteiger partial charge in [-0.25, -0.2) is 4.98 Å². The number of pyridine rings is 1. The van der Waals surface area contributed by atoms with Crippen molar-refractivity contribution in [3.05, 3.63) is 58.4 Å². The summed E-state index contributed by atoms with van der Waals surface area (Å²) in [6.45, 7) is 0.461. The first-order valence-corrected chi connectivity index (χ1v) is 9.01. The number of benzene rings is 1. The molecule has 0 spiro atoms. The van der Waals surface area contributed by atoms with E-state index in [4.69, 9.17) is 5.73 Å². The van der Waals surface area contributed by atoms with E-state index in [9.17, 15) is 13.6 Å². The molecule has 7 nitrogen and oxygen atoms in total. The number of nitrogen functional groups attached to an aromatic ring is 1. The van der Waals surface area contributed by atoms with Crippen LogP contribution in [0.25, 0.3) is 0 Å². The Bertz CT molecular complexity index is 1040. The molecular weight excluding hydrogens is 390 g/mol. The van der Waals surface area contributed by atoms with E-state index in [1.54, 1.807) is 23.7 Å². The monoisotopic (exact) mass is 404 g/mol. The number of anilines is 3. The molecule has 4 rings (SSSR count). The SMILES string of the molecule is Nc1cc(CNc2ccsc2C(=O)Nc2ccc3c(c2)OC(F)(F)O3)ccn1. The predicted molar refractivity (Wildman–Crippen MR) is 101 cm³/mol. The number of nitrogens with one attached hydrogen (secondary N) is 2. The van der Waals surface area contributed by atoms with Crippen LogP contribution >= 0.6 is 11.3 Å². The molecule has 0 aliphatic carbocycles. The first-order valence-electron chi connectivity index (χ1n) is 8.13. The Balaban J connectivity index is 1.44. The van der Waals surface area contributed by atoms with Gasteiger partial charge in [0, 0.05) is 24.5 Å². The molecule has 1 amide bonds. The standard InChI is InChI=1S/C18H14F2N4O3S/c19-18(20)26-13-2-1-11(8-14(13)27-18)24-17(25)16-12(4-6-28-16)23-9-10-3-5-22-15(21)7-10/h1-8,23H,9H2,(H2,21,22)(H,24,25). The number of rotatable bonds is 5. The van der Waals surface area contributed by atoms with Gasteiger partial charge >= 0.3 is 6.29 Å². The summed E-state index contributed by atoms with van der Waals surface area (Å²) in [5.74, 6) is -0.186.